The van der Waals surface area contributed by atoms with Gasteiger partial charge in [0.15, 0.2) is 0 Å². The molecule has 2 heterocycles. The van der Waals surface area contributed by atoms with Gasteiger partial charge in [-0.2, -0.15) is 0 Å². The molecule has 0 radical (unpaired) electrons. The van der Waals surface area contributed by atoms with E-state index in [4.69, 9.17) is 4.84 Å². The predicted molar refractivity (Wildman–Crippen MR) is 248 cm³/mol. The standard InChI is InChI=1S/C47H63F2N7O11Si/c1-47(2,3)44(37-25-32(34-26-33(48)15-16-35(34)49)29-53(37)28-31-11-8-7-9-12-31)55(42(62)30-57)22-19-36(54(46(65)66)23-24-68(4,5)6)45(64)51-21-20-50-39(59)27-52-38(58)13-10-14-43(63)67-56-40(60)17-18-41(56)61/h7-9,11-12,15-16,25-26,29,36,44,57H,10,13-14,17-24,27-28,30H2,1-6H3,(H,50,59)(H,51,64)(H,52,58)(H,65,66)/t36-,44-/m0/s1. The molecule has 21 heteroatoms. The Morgan fingerprint density at radius 3 is 2.13 bits per heavy atom. The lowest BCUT2D eigenvalue weighted by molar-refractivity contribution is -0.197. The van der Waals surface area contributed by atoms with Crippen LogP contribution >= 0.6 is 0 Å². The Morgan fingerprint density at radius 1 is 0.853 bits per heavy atom. The number of halogens is 2. The average molecular weight is 968 g/mol. The first kappa shape index (κ1) is 54.1. The third kappa shape index (κ3) is 16.1. The Kier molecular flexibility index (Phi) is 19.5. The molecule has 2 aromatic carbocycles. The second kappa shape index (κ2) is 24.5. The number of benzene rings is 2. The van der Waals surface area contributed by atoms with Gasteiger partial charge >= 0.3 is 12.1 Å². The highest BCUT2D eigenvalue weighted by molar-refractivity contribution is 6.76. The smallest absolute Gasteiger partial charge is 0.407 e. The SMILES string of the molecule is CC(C)(C)[C@H](c1cc(-c2cc(F)ccc2F)cn1Cc1ccccc1)N(CC[C@@H](C(=O)NCCNC(=O)CNC(=O)CCCC(=O)ON1C(=O)CCC1=O)N(CC[Si](C)(C)C)C(=O)O)C(=O)CO. The number of hydroxylamine groups is 2. The molecular formula is C47H63F2N7O11Si. The van der Waals surface area contributed by atoms with Gasteiger partial charge in [-0.3, -0.25) is 33.7 Å². The zero-order valence-electron chi connectivity index (χ0n) is 39.4. The molecule has 5 N–H and O–H groups in total. The summed E-state index contributed by atoms with van der Waals surface area (Å²) < 4.78 is 31.6. The van der Waals surface area contributed by atoms with Crippen molar-refractivity contribution in [1.82, 2.24) is 35.4 Å². The van der Waals surface area contributed by atoms with Crippen LogP contribution in [0.25, 0.3) is 11.1 Å². The number of aliphatic hydroxyl groups excluding tert-OH is 1. The van der Waals surface area contributed by atoms with E-state index in [1.165, 1.54) is 4.90 Å². The van der Waals surface area contributed by atoms with Crippen molar-refractivity contribution in [2.45, 2.75) is 104 Å². The summed E-state index contributed by atoms with van der Waals surface area (Å²) in [5.41, 5.74) is 0.919. The highest BCUT2D eigenvalue weighted by Crippen LogP contribution is 2.41. The molecule has 1 saturated heterocycles. The van der Waals surface area contributed by atoms with Gasteiger partial charge in [0.1, 0.15) is 24.3 Å². The van der Waals surface area contributed by atoms with Crippen LogP contribution in [-0.2, 0) is 44.9 Å². The molecule has 0 unspecified atom stereocenters. The van der Waals surface area contributed by atoms with Gasteiger partial charge in [-0.1, -0.05) is 70.7 Å². The number of nitrogens with zero attached hydrogens (tertiary/aromatic N) is 4. The molecule has 0 spiro atoms. The lowest BCUT2D eigenvalue weighted by Gasteiger charge is -2.41. The molecule has 0 saturated carbocycles. The molecule has 0 bridgehead atoms. The fourth-order valence-electron chi connectivity index (χ4n) is 7.66. The Morgan fingerprint density at radius 2 is 1.51 bits per heavy atom. The van der Waals surface area contributed by atoms with E-state index in [0.29, 0.717) is 22.4 Å². The molecule has 68 heavy (non-hydrogen) atoms. The van der Waals surface area contributed by atoms with Crippen molar-refractivity contribution in [3.63, 3.8) is 0 Å². The van der Waals surface area contributed by atoms with Gasteiger partial charge < -0.3 is 40.5 Å². The number of nitrogens with one attached hydrogen (secondary N) is 3. The maximum atomic E-state index is 15.3. The average Bonchev–Trinajstić information content (AvgIpc) is 3.82. The molecule has 2 atom stereocenters. The van der Waals surface area contributed by atoms with Gasteiger partial charge in [-0.25, -0.2) is 18.4 Å². The van der Waals surface area contributed by atoms with E-state index in [1.807, 2.05) is 55.7 Å². The van der Waals surface area contributed by atoms with E-state index in [1.54, 1.807) is 12.3 Å². The molecule has 7 amide bonds. The molecule has 1 fully saturated rings. The van der Waals surface area contributed by atoms with Gasteiger partial charge in [-0.15, -0.1) is 5.06 Å². The highest BCUT2D eigenvalue weighted by atomic mass is 28.3. The fraction of sp³-hybridized carbons (Fsp3) is 0.489. The topological polar surface area (TPSA) is 237 Å². The number of imide groups is 1. The molecule has 1 aromatic heterocycles. The number of hydrogen-bond acceptors (Lipinski definition) is 10. The van der Waals surface area contributed by atoms with Crippen LogP contribution in [0.4, 0.5) is 13.6 Å². The third-order valence-corrected chi connectivity index (χ3v) is 12.8. The van der Waals surface area contributed by atoms with Gasteiger partial charge in [0.05, 0.1) is 12.6 Å². The number of carbonyl (C=O) groups is 8. The van der Waals surface area contributed by atoms with Crippen LogP contribution < -0.4 is 16.0 Å². The first-order valence-corrected chi connectivity index (χ1v) is 26.2. The molecule has 4 rings (SSSR count). The minimum absolute atomic E-state index is 0.00566. The van der Waals surface area contributed by atoms with E-state index >= 15 is 4.39 Å². The first-order valence-electron chi connectivity index (χ1n) is 22.5. The maximum absolute atomic E-state index is 15.3. The molecular weight excluding hydrogens is 905 g/mol. The zero-order valence-corrected chi connectivity index (χ0v) is 40.4. The van der Waals surface area contributed by atoms with Crippen molar-refractivity contribution in [2.24, 2.45) is 5.41 Å². The first-order chi connectivity index (χ1) is 32.0. The number of carbonyl (C=O) groups excluding carboxylic acids is 7. The van der Waals surface area contributed by atoms with Crippen LogP contribution in [0, 0.1) is 17.0 Å². The van der Waals surface area contributed by atoms with Crippen LogP contribution in [0.2, 0.25) is 25.7 Å². The summed E-state index contributed by atoms with van der Waals surface area (Å²) in [6, 6.07) is 12.4. The van der Waals surface area contributed by atoms with Crippen LogP contribution in [0.1, 0.15) is 76.6 Å². The third-order valence-electron chi connectivity index (χ3n) is 11.1. The predicted octanol–water partition coefficient (Wildman–Crippen LogP) is 4.59. The van der Waals surface area contributed by atoms with Crippen LogP contribution in [-0.4, -0.2) is 131 Å². The number of hydrogen-bond donors (Lipinski definition) is 5. The van der Waals surface area contributed by atoms with Gasteiger partial charge in [0, 0.05) is 89.5 Å². The molecule has 3 aromatic rings. The van der Waals surface area contributed by atoms with Crippen LogP contribution in [0.5, 0.6) is 0 Å². The Hall–Kier alpha value is -6.48. The van der Waals surface area contributed by atoms with E-state index in [-0.39, 0.29) is 76.8 Å². The van der Waals surface area contributed by atoms with E-state index < -0.39 is 97.9 Å². The summed E-state index contributed by atoms with van der Waals surface area (Å²) in [6.07, 6.45) is -0.421. The lowest BCUT2D eigenvalue weighted by Crippen LogP contribution is -2.53. The summed E-state index contributed by atoms with van der Waals surface area (Å²) in [4.78, 5) is 108. The maximum Gasteiger partial charge on any atom is 0.407 e. The van der Waals surface area contributed by atoms with E-state index in [0.717, 1.165) is 28.7 Å². The fourth-order valence-corrected chi connectivity index (χ4v) is 8.58. The van der Waals surface area contributed by atoms with Crippen LogP contribution in [0.15, 0.2) is 60.8 Å². The summed E-state index contributed by atoms with van der Waals surface area (Å²) in [7, 11) is -1.87. The zero-order chi connectivity index (χ0) is 50.3. The largest absolute Gasteiger partial charge is 0.465 e. The quantitative estimate of drug-likeness (QED) is 0.0473. The molecule has 370 valence electrons. The van der Waals surface area contributed by atoms with Crippen molar-refractivity contribution in [3.8, 4) is 11.1 Å². The number of amides is 7. The van der Waals surface area contributed by atoms with Crippen molar-refractivity contribution in [2.75, 3.05) is 39.3 Å². The summed E-state index contributed by atoms with van der Waals surface area (Å²) in [6.45, 7) is 10.2. The number of carboxylic acid groups (broad SMARTS) is 1. The van der Waals surface area contributed by atoms with Crippen molar-refractivity contribution in [3.05, 3.63) is 83.7 Å². The van der Waals surface area contributed by atoms with Crippen LogP contribution in [0.3, 0.4) is 0 Å². The summed E-state index contributed by atoms with van der Waals surface area (Å²) in [5.74, 6) is -6.02. The molecule has 1 aliphatic heterocycles. The minimum atomic E-state index is -1.87. The summed E-state index contributed by atoms with van der Waals surface area (Å²) >= 11 is 0. The molecule has 0 aliphatic carbocycles. The van der Waals surface area contributed by atoms with Crippen molar-refractivity contribution < 1.29 is 62.2 Å². The minimum Gasteiger partial charge on any atom is -0.465 e. The van der Waals surface area contributed by atoms with E-state index in [2.05, 4.69) is 35.6 Å². The number of rotatable bonds is 24. The number of aromatic nitrogens is 1. The Labute approximate surface area is 395 Å². The van der Waals surface area contributed by atoms with Gasteiger partial charge in [0.25, 0.3) is 11.8 Å². The normalized spacial score (nSPS) is 13.7. The second-order valence-corrected chi connectivity index (χ2v) is 24.4. The monoisotopic (exact) mass is 967 g/mol. The van der Waals surface area contributed by atoms with Gasteiger partial charge in [-0.05, 0) is 54.1 Å². The lowest BCUT2D eigenvalue weighted by atomic mass is 9.82. The Balaban J connectivity index is 1.49. The Bertz CT molecular complexity index is 2280. The van der Waals surface area contributed by atoms with E-state index in [9.17, 15) is 53.0 Å². The molecule has 18 nitrogen and oxygen atoms in total. The van der Waals surface area contributed by atoms with Crippen molar-refractivity contribution >= 4 is 55.6 Å². The van der Waals surface area contributed by atoms with Gasteiger partial charge in [0.2, 0.25) is 23.6 Å². The number of aliphatic hydroxyl groups is 1. The summed E-state index contributed by atoms with van der Waals surface area (Å²) in [5, 5.41) is 28.9. The molecule has 1 aliphatic rings. The highest BCUT2D eigenvalue weighted by Gasteiger charge is 2.39. The second-order valence-electron chi connectivity index (χ2n) is 18.8. The van der Waals surface area contributed by atoms with Crippen molar-refractivity contribution in [1.29, 1.82) is 0 Å².